The summed E-state index contributed by atoms with van der Waals surface area (Å²) >= 11 is 0. The van der Waals surface area contributed by atoms with Gasteiger partial charge >= 0.3 is 0 Å². The highest BCUT2D eigenvalue weighted by atomic mass is 16.5. The lowest BCUT2D eigenvalue weighted by Crippen LogP contribution is -2.80. The summed E-state index contributed by atoms with van der Waals surface area (Å²) in [5.41, 5.74) is 1.80. The fourth-order valence-corrected chi connectivity index (χ4v) is 6.86. The number of carbonyl (C=O) groups excluding carboxylic acids is 3. The van der Waals surface area contributed by atoms with Crippen molar-refractivity contribution in [3.63, 3.8) is 0 Å². The van der Waals surface area contributed by atoms with Gasteiger partial charge in [0.25, 0.3) is 5.91 Å². The molecular weight excluding hydrogens is 518 g/mol. The Balaban J connectivity index is 1.29. The highest BCUT2D eigenvalue weighted by Crippen LogP contribution is 2.61. The smallest absolute Gasteiger partial charge is 0.289 e. The fourth-order valence-electron chi connectivity index (χ4n) is 6.86. The molecule has 6 atom stereocenters. The molecule has 2 aromatic carbocycles. The van der Waals surface area contributed by atoms with Gasteiger partial charge in [-0.2, -0.15) is 0 Å². The van der Waals surface area contributed by atoms with E-state index < -0.39 is 18.1 Å². The Kier molecular flexibility index (Phi) is 8.52. The van der Waals surface area contributed by atoms with Gasteiger partial charge in [0.1, 0.15) is 37.8 Å². The molecule has 216 valence electrons. The Morgan fingerprint density at radius 2 is 1.88 bits per heavy atom. The maximum atomic E-state index is 14.3. The summed E-state index contributed by atoms with van der Waals surface area (Å²) in [5.74, 6) is 0.401. The molecule has 41 heavy (non-hydrogen) atoms. The summed E-state index contributed by atoms with van der Waals surface area (Å²) in [6.07, 6.45) is 4.27. The largest absolute Gasteiger partial charge is 0.497 e. The van der Waals surface area contributed by atoms with Crippen LogP contribution in [0, 0.1) is 11.8 Å². The molecule has 3 amide bonds. The van der Waals surface area contributed by atoms with Crippen LogP contribution in [0.2, 0.25) is 0 Å². The summed E-state index contributed by atoms with van der Waals surface area (Å²) in [5, 5.41) is 6.12. The van der Waals surface area contributed by atoms with Gasteiger partial charge in [-0.1, -0.05) is 42.5 Å². The zero-order chi connectivity index (χ0) is 29.0. The summed E-state index contributed by atoms with van der Waals surface area (Å²) in [6, 6.07) is 15.6. The Morgan fingerprint density at radius 3 is 2.56 bits per heavy atom. The first kappa shape index (κ1) is 28.5. The summed E-state index contributed by atoms with van der Waals surface area (Å²) in [4.78, 5) is 48.8. The number of nitrogens with zero attached hydrogens (tertiary/aromatic N) is 1. The van der Waals surface area contributed by atoms with Crippen molar-refractivity contribution in [3.05, 3.63) is 65.7 Å². The van der Waals surface area contributed by atoms with Crippen LogP contribution < -0.4 is 25.4 Å². The zero-order valence-corrected chi connectivity index (χ0v) is 23.7. The predicted molar refractivity (Wildman–Crippen MR) is 155 cm³/mol. The molecule has 2 saturated heterocycles. The zero-order valence-electron chi connectivity index (χ0n) is 23.7. The molecular formula is C32H41N5O4+2. The Labute approximate surface area is 241 Å². The monoisotopic (exact) mass is 559 g/mol. The Hall–Kier alpha value is -4.01. The molecule has 1 spiro atoms. The number of carbonyl (C=O) groups is 3. The van der Waals surface area contributed by atoms with Crippen LogP contribution in [0.25, 0.3) is 0 Å². The van der Waals surface area contributed by atoms with Crippen LogP contribution in [-0.4, -0.2) is 79.9 Å². The molecule has 5 rings (SSSR count). The number of nitrogens with one attached hydrogen (secondary N) is 4. The molecule has 0 bridgehead atoms. The van der Waals surface area contributed by atoms with Crippen molar-refractivity contribution in [3.8, 4) is 5.75 Å². The second-order valence-corrected chi connectivity index (χ2v) is 11.5. The van der Waals surface area contributed by atoms with Gasteiger partial charge in [0, 0.05) is 24.4 Å². The van der Waals surface area contributed by atoms with Crippen LogP contribution in [0.4, 0.5) is 0 Å². The average Bonchev–Trinajstić information content (AvgIpc) is 3.55. The normalized spacial score (nSPS) is 27.0. The number of hydrogen-bond acceptors (Lipinski definition) is 4. The molecule has 1 unspecified atom stereocenters. The van der Waals surface area contributed by atoms with Crippen molar-refractivity contribution < 1.29 is 29.1 Å². The average molecular weight is 560 g/mol. The summed E-state index contributed by atoms with van der Waals surface area (Å²) in [7, 11) is 1.63. The van der Waals surface area contributed by atoms with Gasteiger partial charge in [-0.25, -0.2) is 4.99 Å². The number of rotatable bonds is 12. The minimum Gasteiger partial charge on any atom is -0.497 e. The van der Waals surface area contributed by atoms with Crippen LogP contribution >= 0.6 is 0 Å². The number of amides is 3. The third kappa shape index (κ3) is 5.89. The SMILES string of the molecule is C=[NH+]C[C@H]1C[C@H]2CC23CC[C@@H](C(=O)NCCc2ccc(OC)cc2)N3C(=O)[C@H]1NC(=O)[C@@H](Cc1ccccc1)[NH+]=C. The van der Waals surface area contributed by atoms with E-state index in [1.807, 2.05) is 59.5 Å². The van der Waals surface area contributed by atoms with E-state index in [-0.39, 0.29) is 29.2 Å². The number of ether oxygens (including phenoxy) is 1. The fraction of sp³-hybridized carbons (Fsp3) is 0.469. The van der Waals surface area contributed by atoms with Gasteiger partial charge < -0.3 is 20.3 Å². The van der Waals surface area contributed by atoms with Crippen LogP contribution in [0.1, 0.15) is 36.8 Å². The standard InChI is InChI=1S/C32H39N5O4/c1-33-20-23-18-24-19-32(24)15-13-27(30(39)35-16-14-21-9-11-25(41-3)12-10-21)37(32)31(40)28(23)36-29(38)26(34-2)17-22-7-5-4-6-8-22/h4-12,23-24,26-28H,1-2,13-20H2,3H3,(H,35,39)(H,36,38)/p+2/t23-,24+,26-,27+,28+,32?/m1/s1. The van der Waals surface area contributed by atoms with Gasteiger partial charge in [0.05, 0.1) is 7.11 Å². The minimum atomic E-state index is -0.749. The first-order valence-electron chi connectivity index (χ1n) is 14.5. The number of benzene rings is 2. The van der Waals surface area contributed by atoms with Crippen molar-refractivity contribution >= 4 is 31.2 Å². The van der Waals surface area contributed by atoms with Gasteiger partial charge in [0.15, 0.2) is 0 Å². The van der Waals surface area contributed by atoms with E-state index in [0.29, 0.717) is 38.3 Å². The first-order chi connectivity index (χ1) is 19.9. The van der Waals surface area contributed by atoms with Crippen molar-refractivity contribution in [1.82, 2.24) is 15.5 Å². The predicted octanol–water partition coefficient (Wildman–Crippen LogP) is -1.22. The summed E-state index contributed by atoms with van der Waals surface area (Å²) in [6.45, 7) is 8.54. The van der Waals surface area contributed by atoms with E-state index in [4.69, 9.17) is 4.74 Å². The molecule has 1 saturated carbocycles. The van der Waals surface area contributed by atoms with Gasteiger partial charge in [-0.05, 0) is 61.3 Å². The second kappa shape index (κ2) is 12.2. The number of methoxy groups -OCH3 is 1. The molecule has 2 aromatic rings. The third-order valence-electron chi connectivity index (χ3n) is 9.13. The van der Waals surface area contributed by atoms with E-state index in [1.54, 1.807) is 7.11 Å². The highest BCUT2D eigenvalue weighted by Gasteiger charge is 2.68. The molecule has 3 aliphatic rings. The molecule has 2 aliphatic heterocycles. The molecule has 0 radical (unpaired) electrons. The number of hydrogen-bond donors (Lipinski definition) is 4. The molecule has 3 fully saturated rings. The van der Waals surface area contributed by atoms with Crippen LogP contribution in [0.5, 0.6) is 5.75 Å². The van der Waals surface area contributed by atoms with Crippen molar-refractivity contribution in [1.29, 1.82) is 0 Å². The van der Waals surface area contributed by atoms with E-state index in [2.05, 4.69) is 34.1 Å². The molecule has 9 heteroatoms. The van der Waals surface area contributed by atoms with Gasteiger partial charge in [-0.3, -0.25) is 19.4 Å². The molecule has 4 N–H and O–H groups in total. The molecule has 2 heterocycles. The van der Waals surface area contributed by atoms with E-state index in [1.165, 1.54) is 0 Å². The minimum absolute atomic E-state index is 0.125. The van der Waals surface area contributed by atoms with Crippen LogP contribution in [-0.2, 0) is 27.2 Å². The summed E-state index contributed by atoms with van der Waals surface area (Å²) < 4.78 is 5.22. The van der Waals surface area contributed by atoms with E-state index >= 15 is 0 Å². The lowest BCUT2D eigenvalue weighted by atomic mass is 9.92. The van der Waals surface area contributed by atoms with Crippen LogP contribution in [0.3, 0.4) is 0 Å². The van der Waals surface area contributed by atoms with Gasteiger partial charge in [-0.15, -0.1) is 0 Å². The maximum Gasteiger partial charge on any atom is 0.289 e. The van der Waals surface area contributed by atoms with E-state index in [0.717, 1.165) is 36.1 Å². The lowest BCUT2D eigenvalue weighted by Gasteiger charge is -2.33. The molecule has 1 aliphatic carbocycles. The third-order valence-corrected chi connectivity index (χ3v) is 9.13. The second-order valence-electron chi connectivity index (χ2n) is 11.5. The molecule has 9 nitrogen and oxygen atoms in total. The van der Waals surface area contributed by atoms with Crippen molar-refractivity contribution in [2.75, 3.05) is 20.2 Å². The molecule has 0 aromatic heterocycles. The Morgan fingerprint density at radius 1 is 1.12 bits per heavy atom. The van der Waals surface area contributed by atoms with Crippen LogP contribution in [0.15, 0.2) is 54.6 Å². The van der Waals surface area contributed by atoms with E-state index in [9.17, 15) is 14.4 Å². The maximum absolute atomic E-state index is 14.3. The Bertz CT molecular complexity index is 1280. The quantitative estimate of drug-likeness (QED) is 0.244. The highest BCUT2D eigenvalue weighted by molar-refractivity contribution is 5.95. The van der Waals surface area contributed by atoms with Crippen molar-refractivity contribution in [2.24, 2.45) is 11.8 Å². The lowest BCUT2D eigenvalue weighted by molar-refractivity contribution is -0.478. The topological polar surface area (TPSA) is 116 Å². The first-order valence-corrected chi connectivity index (χ1v) is 14.5. The van der Waals surface area contributed by atoms with Crippen molar-refractivity contribution in [2.45, 2.75) is 62.2 Å². The van der Waals surface area contributed by atoms with Gasteiger partial charge in [0.2, 0.25) is 17.9 Å².